The average Bonchev–Trinajstić information content (AvgIpc) is 3.99. The van der Waals surface area contributed by atoms with Crippen molar-refractivity contribution in [1.82, 2.24) is 0 Å². The molecule has 1 fully saturated rings. The van der Waals surface area contributed by atoms with E-state index in [2.05, 4.69) is 230 Å². The van der Waals surface area contributed by atoms with Crippen LogP contribution >= 0.6 is 0 Å². The lowest BCUT2D eigenvalue weighted by molar-refractivity contribution is 0.550. The third-order valence-electron chi connectivity index (χ3n) is 14.4. The molecule has 0 atom stereocenters. The summed E-state index contributed by atoms with van der Waals surface area (Å²) in [7, 11) is 0. The van der Waals surface area contributed by atoms with Crippen LogP contribution in [0.15, 0.2) is 206 Å². The van der Waals surface area contributed by atoms with E-state index in [1.165, 1.54) is 102 Å². The summed E-state index contributed by atoms with van der Waals surface area (Å²) in [5, 5.41) is 2.56. The summed E-state index contributed by atoms with van der Waals surface area (Å²) < 4.78 is 0. The van der Waals surface area contributed by atoms with Crippen LogP contribution in [0.1, 0.15) is 61.8 Å². The summed E-state index contributed by atoms with van der Waals surface area (Å²) in [4.78, 5) is 5.02. The second-order valence-corrected chi connectivity index (χ2v) is 18.0. The molecule has 0 heterocycles. The fourth-order valence-electron chi connectivity index (χ4n) is 11.4. The maximum absolute atomic E-state index is 2.58. The van der Waals surface area contributed by atoms with Gasteiger partial charge in [0.05, 0.1) is 5.69 Å². The van der Waals surface area contributed by atoms with Gasteiger partial charge in [-0.05, 0) is 135 Å². The molecule has 0 N–H and O–H groups in total. The van der Waals surface area contributed by atoms with E-state index < -0.39 is 0 Å². The van der Waals surface area contributed by atoms with Crippen molar-refractivity contribution in [3.63, 3.8) is 0 Å². The predicted molar refractivity (Wildman–Crippen MR) is 261 cm³/mol. The first-order valence-corrected chi connectivity index (χ1v) is 22.3. The minimum atomic E-state index is -0.117. The highest BCUT2D eigenvalue weighted by Gasteiger charge is 2.47. The number of hydrogen-bond donors (Lipinski definition) is 0. The summed E-state index contributed by atoms with van der Waals surface area (Å²) >= 11 is 0. The van der Waals surface area contributed by atoms with Crippen molar-refractivity contribution in [3.05, 3.63) is 229 Å². The fourth-order valence-corrected chi connectivity index (χ4v) is 11.4. The maximum atomic E-state index is 2.58. The SMILES string of the molecule is CC1(C)c2ccccc2-c2ccc(N(c3ccccc3)c3c4c(cc5ccccc35)C3(CCCC3)c3cc(N(c5ccccc5)c5ccc(-c6ccccc6)cc5)ccc3-4)cc21. The molecule has 1 saturated carbocycles. The number of para-hydroxylation sites is 2. The van der Waals surface area contributed by atoms with Crippen LogP contribution in [0.4, 0.5) is 34.1 Å². The minimum Gasteiger partial charge on any atom is -0.310 e. The molecule has 3 aliphatic carbocycles. The van der Waals surface area contributed by atoms with Crippen LogP contribution in [0.2, 0.25) is 0 Å². The smallest absolute Gasteiger partial charge is 0.0621 e. The van der Waals surface area contributed by atoms with Crippen molar-refractivity contribution >= 4 is 44.9 Å². The van der Waals surface area contributed by atoms with Crippen molar-refractivity contribution < 1.29 is 0 Å². The van der Waals surface area contributed by atoms with Gasteiger partial charge in [0.1, 0.15) is 0 Å². The third-order valence-corrected chi connectivity index (χ3v) is 14.4. The number of benzene rings is 9. The Labute approximate surface area is 365 Å². The molecule has 0 aliphatic heterocycles. The van der Waals surface area contributed by atoms with E-state index in [1.54, 1.807) is 0 Å². The average molecular weight is 797 g/mol. The van der Waals surface area contributed by atoms with E-state index in [0.717, 1.165) is 24.2 Å². The van der Waals surface area contributed by atoms with E-state index in [1.807, 2.05) is 0 Å². The summed E-state index contributed by atoms with van der Waals surface area (Å²) in [6, 6.07) is 76.9. The highest BCUT2D eigenvalue weighted by Crippen LogP contribution is 2.63. The van der Waals surface area contributed by atoms with Crippen molar-refractivity contribution in [3.8, 4) is 33.4 Å². The summed E-state index contributed by atoms with van der Waals surface area (Å²) in [5.74, 6) is 0. The van der Waals surface area contributed by atoms with E-state index in [4.69, 9.17) is 0 Å². The molecule has 62 heavy (non-hydrogen) atoms. The summed E-state index contributed by atoms with van der Waals surface area (Å²) in [5.41, 5.74) is 20.5. The fraction of sp³-hybridized carbons (Fsp3) is 0.133. The van der Waals surface area contributed by atoms with Gasteiger partial charge >= 0.3 is 0 Å². The van der Waals surface area contributed by atoms with Gasteiger partial charge in [-0.3, -0.25) is 0 Å². The van der Waals surface area contributed by atoms with Crippen molar-refractivity contribution in [2.24, 2.45) is 0 Å². The molecule has 9 aromatic rings. The second-order valence-electron chi connectivity index (χ2n) is 18.0. The minimum absolute atomic E-state index is 0.0804. The number of nitrogens with zero attached hydrogens (tertiary/aromatic N) is 2. The molecule has 12 rings (SSSR count). The molecule has 0 amide bonds. The molecule has 0 bridgehead atoms. The van der Waals surface area contributed by atoms with Crippen LogP contribution in [-0.4, -0.2) is 0 Å². The third kappa shape index (κ3) is 5.56. The van der Waals surface area contributed by atoms with Gasteiger partial charge in [0, 0.05) is 50.2 Å². The zero-order valence-corrected chi connectivity index (χ0v) is 35.4. The van der Waals surface area contributed by atoms with E-state index in [9.17, 15) is 0 Å². The Morgan fingerprint density at radius 2 is 0.887 bits per heavy atom. The topological polar surface area (TPSA) is 6.48 Å². The molecule has 298 valence electrons. The Balaban J connectivity index is 1.08. The first-order chi connectivity index (χ1) is 30.5. The van der Waals surface area contributed by atoms with Gasteiger partial charge in [0.25, 0.3) is 0 Å². The van der Waals surface area contributed by atoms with Crippen LogP contribution in [0, 0.1) is 0 Å². The molecule has 9 aromatic carbocycles. The van der Waals surface area contributed by atoms with Crippen LogP contribution in [0.25, 0.3) is 44.2 Å². The lowest BCUT2D eigenvalue weighted by Crippen LogP contribution is -2.21. The van der Waals surface area contributed by atoms with Gasteiger partial charge < -0.3 is 9.80 Å². The lowest BCUT2D eigenvalue weighted by atomic mass is 9.76. The Morgan fingerprint density at radius 3 is 1.61 bits per heavy atom. The standard InChI is InChI=1S/C60H48N2/c1-59(2)53-27-15-14-26-50(53)51-34-32-48(39-54(51)59)62(45-23-10-5-11-24-45)58-49-25-13-12-20-43(49)38-56-57(58)52-35-33-47(40-55(52)60(56)36-16-17-37-60)61(44-21-8-4-9-22-44)46-30-28-42(29-31-46)41-18-6-3-7-19-41/h3-15,18-35,38-40H,16-17,36-37H2,1-2H3. The largest absolute Gasteiger partial charge is 0.310 e. The van der Waals surface area contributed by atoms with Crippen LogP contribution in [0.3, 0.4) is 0 Å². The van der Waals surface area contributed by atoms with Gasteiger partial charge in [-0.1, -0.05) is 166 Å². The maximum Gasteiger partial charge on any atom is 0.0621 e. The Morgan fingerprint density at radius 1 is 0.371 bits per heavy atom. The Bertz CT molecular complexity index is 3140. The van der Waals surface area contributed by atoms with E-state index >= 15 is 0 Å². The lowest BCUT2D eigenvalue weighted by Gasteiger charge is -2.32. The van der Waals surface area contributed by atoms with Gasteiger partial charge in [-0.15, -0.1) is 0 Å². The summed E-state index contributed by atoms with van der Waals surface area (Å²) in [6.45, 7) is 4.77. The number of hydrogen-bond acceptors (Lipinski definition) is 2. The molecule has 1 spiro atoms. The van der Waals surface area contributed by atoms with Gasteiger partial charge in [-0.2, -0.15) is 0 Å². The molecule has 0 saturated heterocycles. The number of rotatable bonds is 7. The van der Waals surface area contributed by atoms with E-state index in [0.29, 0.717) is 0 Å². The van der Waals surface area contributed by atoms with Crippen molar-refractivity contribution in [1.29, 1.82) is 0 Å². The monoisotopic (exact) mass is 796 g/mol. The highest BCUT2D eigenvalue weighted by atomic mass is 15.2. The number of fused-ring (bicyclic) bond motifs is 9. The van der Waals surface area contributed by atoms with Crippen molar-refractivity contribution in [2.75, 3.05) is 9.80 Å². The second kappa shape index (κ2) is 14.2. The first-order valence-electron chi connectivity index (χ1n) is 22.3. The van der Waals surface area contributed by atoms with E-state index in [-0.39, 0.29) is 10.8 Å². The summed E-state index contributed by atoms with van der Waals surface area (Å²) in [6.07, 6.45) is 4.72. The zero-order valence-electron chi connectivity index (χ0n) is 35.4. The van der Waals surface area contributed by atoms with Crippen LogP contribution in [-0.2, 0) is 10.8 Å². The molecule has 0 unspecified atom stereocenters. The zero-order chi connectivity index (χ0) is 41.4. The van der Waals surface area contributed by atoms with Gasteiger partial charge in [0.2, 0.25) is 0 Å². The molecule has 0 radical (unpaired) electrons. The van der Waals surface area contributed by atoms with Crippen LogP contribution in [0.5, 0.6) is 0 Å². The molecule has 3 aliphatic rings. The molecule has 2 nitrogen and oxygen atoms in total. The number of anilines is 6. The molecule has 0 aromatic heterocycles. The quantitative estimate of drug-likeness (QED) is 0.158. The Hall–Kier alpha value is -7.16. The Kier molecular flexibility index (Phi) is 8.41. The first kappa shape index (κ1) is 36.7. The normalized spacial score (nSPS) is 14.9. The van der Waals surface area contributed by atoms with Crippen molar-refractivity contribution in [2.45, 2.75) is 50.4 Å². The molecule has 2 heteroatoms. The highest BCUT2D eigenvalue weighted by molar-refractivity contribution is 6.10. The van der Waals surface area contributed by atoms with Gasteiger partial charge in [0.15, 0.2) is 0 Å². The predicted octanol–water partition coefficient (Wildman–Crippen LogP) is 16.6. The molecular formula is C60H48N2. The van der Waals surface area contributed by atoms with Crippen LogP contribution < -0.4 is 9.80 Å². The van der Waals surface area contributed by atoms with Gasteiger partial charge in [-0.25, -0.2) is 0 Å². The molecular weight excluding hydrogens is 749 g/mol.